The molecule has 1 aromatic rings. The van der Waals surface area contributed by atoms with E-state index in [1.807, 2.05) is 37.4 Å². The zero-order valence-electron chi connectivity index (χ0n) is 18.2. The van der Waals surface area contributed by atoms with Crippen LogP contribution in [-0.2, 0) is 4.74 Å². The van der Waals surface area contributed by atoms with Crippen molar-refractivity contribution in [2.45, 2.75) is 76.4 Å². The molecule has 1 saturated heterocycles. The van der Waals surface area contributed by atoms with Crippen LogP contribution in [0.15, 0.2) is 35.3 Å². The van der Waals surface area contributed by atoms with Crippen molar-refractivity contribution in [1.29, 1.82) is 0 Å². The van der Waals surface area contributed by atoms with Crippen molar-refractivity contribution in [1.82, 2.24) is 10.2 Å². The van der Waals surface area contributed by atoms with Crippen LogP contribution in [0.25, 0.3) is 0 Å². The van der Waals surface area contributed by atoms with Crippen LogP contribution >= 0.6 is 0 Å². The monoisotopic (exact) mass is 401 g/mol. The molecule has 1 aliphatic heterocycles. The normalized spacial score (nSPS) is 19.3. The van der Waals surface area contributed by atoms with Crippen molar-refractivity contribution in [3.63, 3.8) is 0 Å². The van der Waals surface area contributed by atoms with Gasteiger partial charge in [-0.25, -0.2) is 0 Å². The summed E-state index contributed by atoms with van der Waals surface area (Å²) in [5.41, 5.74) is 0. The van der Waals surface area contributed by atoms with Gasteiger partial charge in [0.2, 0.25) is 0 Å². The summed E-state index contributed by atoms with van der Waals surface area (Å²) in [6.07, 6.45) is 13.1. The van der Waals surface area contributed by atoms with Gasteiger partial charge in [-0.1, -0.05) is 37.5 Å². The van der Waals surface area contributed by atoms with Crippen molar-refractivity contribution in [3.05, 3.63) is 30.3 Å². The summed E-state index contributed by atoms with van der Waals surface area (Å²) < 4.78 is 12.1. The standard InChI is InChI=1S/C24H39N3O2/c1-25-24(26-17-9-4-10-20-28-21-11-5-2-6-12-21)27-18-15-23(16-19-27)29-22-13-7-3-8-14-22/h3,7-8,13-14,21,23H,2,4-6,9-12,15-20H2,1H3,(H,25,26). The number of hydrogen-bond donors (Lipinski definition) is 1. The number of ether oxygens (including phenoxy) is 2. The number of piperidine rings is 1. The van der Waals surface area contributed by atoms with E-state index < -0.39 is 0 Å². The van der Waals surface area contributed by atoms with Gasteiger partial charge >= 0.3 is 0 Å². The van der Waals surface area contributed by atoms with Gasteiger partial charge in [-0.15, -0.1) is 0 Å². The summed E-state index contributed by atoms with van der Waals surface area (Å²) in [5, 5.41) is 3.54. The van der Waals surface area contributed by atoms with E-state index in [1.54, 1.807) is 0 Å². The van der Waals surface area contributed by atoms with Crippen LogP contribution in [0.1, 0.15) is 64.2 Å². The van der Waals surface area contributed by atoms with E-state index in [2.05, 4.69) is 15.2 Å². The van der Waals surface area contributed by atoms with Crippen LogP contribution in [0.5, 0.6) is 5.75 Å². The quantitative estimate of drug-likeness (QED) is 0.372. The average Bonchev–Trinajstić information content (AvgIpc) is 2.78. The molecule has 5 nitrogen and oxygen atoms in total. The Morgan fingerprint density at radius 3 is 2.45 bits per heavy atom. The highest BCUT2D eigenvalue weighted by atomic mass is 16.5. The Morgan fingerprint density at radius 2 is 1.72 bits per heavy atom. The molecule has 0 radical (unpaired) electrons. The number of nitrogens with one attached hydrogen (secondary N) is 1. The van der Waals surface area contributed by atoms with Gasteiger partial charge in [0.1, 0.15) is 11.9 Å². The number of benzene rings is 1. The highest BCUT2D eigenvalue weighted by molar-refractivity contribution is 5.79. The summed E-state index contributed by atoms with van der Waals surface area (Å²) in [5.74, 6) is 2.00. The molecule has 1 saturated carbocycles. The molecule has 2 fully saturated rings. The molecule has 1 heterocycles. The van der Waals surface area contributed by atoms with Gasteiger partial charge in [0.25, 0.3) is 0 Å². The molecule has 162 valence electrons. The predicted octanol–water partition coefficient (Wildman–Crippen LogP) is 4.62. The molecule has 2 aliphatic rings. The van der Waals surface area contributed by atoms with Gasteiger partial charge < -0.3 is 19.7 Å². The van der Waals surface area contributed by atoms with E-state index >= 15 is 0 Å². The summed E-state index contributed by atoms with van der Waals surface area (Å²) in [6, 6.07) is 10.1. The zero-order chi connectivity index (χ0) is 20.2. The second-order valence-corrected chi connectivity index (χ2v) is 8.28. The summed E-state index contributed by atoms with van der Waals surface area (Å²) >= 11 is 0. The maximum atomic E-state index is 6.10. The molecular formula is C24H39N3O2. The molecule has 29 heavy (non-hydrogen) atoms. The Bertz CT molecular complexity index is 579. The molecule has 5 heteroatoms. The van der Waals surface area contributed by atoms with Gasteiger partial charge in [0.05, 0.1) is 6.10 Å². The van der Waals surface area contributed by atoms with Crippen molar-refractivity contribution in [2.24, 2.45) is 4.99 Å². The topological polar surface area (TPSA) is 46.1 Å². The molecule has 1 aromatic carbocycles. The van der Waals surface area contributed by atoms with Crippen molar-refractivity contribution in [2.75, 3.05) is 33.3 Å². The van der Waals surface area contributed by atoms with Crippen LogP contribution in [0.2, 0.25) is 0 Å². The lowest BCUT2D eigenvalue weighted by atomic mass is 9.98. The number of unbranched alkanes of at least 4 members (excludes halogenated alkanes) is 2. The fourth-order valence-electron chi connectivity index (χ4n) is 4.30. The van der Waals surface area contributed by atoms with Crippen molar-refractivity contribution in [3.8, 4) is 5.75 Å². The second kappa shape index (κ2) is 12.7. The van der Waals surface area contributed by atoms with E-state index in [0.29, 0.717) is 12.2 Å². The third-order valence-electron chi connectivity index (χ3n) is 6.01. The lowest BCUT2D eigenvalue weighted by Crippen LogP contribution is -2.47. The van der Waals surface area contributed by atoms with Gasteiger partial charge in [-0.3, -0.25) is 4.99 Å². The molecule has 0 atom stereocenters. The Balaban J connectivity index is 1.24. The fourth-order valence-corrected chi connectivity index (χ4v) is 4.30. The highest BCUT2D eigenvalue weighted by Gasteiger charge is 2.22. The first-order chi connectivity index (χ1) is 14.3. The molecule has 1 N–H and O–H groups in total. The number of hydrogen-bond acceptors (Lipinski definition) is 3. The van der Waals surface area contributed by atoms with E-state index in [4.69, 9.17) is 9.47 Å². The zero-order valence-corrected chi connectivity index (χ0v) is 18.2. The summed E-state index contributed by atoms with van der Waals surface area (Å²) in [7, 11) is 1.88. The van der Waals surface area contributed by atoms with Gasteiger partial charge in [0, 0.05) is 46.1 Å². The third kappa shape index (κ3) is 7.88. The molecule has 0 unspecified atom stereocenters. The Hall–Kier alpha value is -1.75. The van der Waals surface area contributed by atoms with Crippen molar-refractivity contribution < 1.29 is 9.47 Å². The molecular weight excluding hydrogens is 362 g/mol. The molecule has 1 aliphatic carbocycles. The van der Waals surface area contributed by atoms with Crippen LogP contribution in [0.4, 0.5) is 0 Å². The first-order valence-corrected chi connectivity index (χ1v) is 11.6. The molecule has 0 amide bonds. The molecule has 0 bridgehead atoms. The van der Waals surface area contributed by atoms with Gasteiger partial charge in [-0.2, -0.15) is 0 Å². The van der Waals surface area contributed by atoms with Gasteiger partial charge in [-0.05, 0) is 44.2 Å². The first-order valence-electron chi connectivity index (χ1n) is 11.6. The second-order valence-electron chi connectivity index (χ2n) is 8.28. The van der Waals surface area contributed by atoms with E-state index in [9.17, 15) is 0 Å². The SMILES string of the molecule is CN=C(NCCCCCOC1CCCCC1)N1CCC(Oc2ccccc2)CC1. The predicted molar refractivity (Wildman–Crippen MR) is 120 cm³/mol. The first kappa shape index (κ1) is 21.9. The Morgan fingerprint density at radius 1 is 0.966 bits per heavy atom. The largest absolute Gasteiger partial charge is 0.490 e. The van der Waals surface area contributed by atoms with Crippen LogP contribution in [0, 0.1) is 0 Å². The fraction of sp³-hybridized carbons (Fsp3) is 0.708. The number of rotatable bonds is 9. The Labute approximate surface area is 176 Å². The minimum Gasteiger partial charge on any atom is -0.490 e. The van der Waals surface area contributed by atoms with E-state index in [-0.39, 0.29) is 0 Å². The highest BCUT2D eigenvalue weighted by Crippen LogP contribution is 2.21. The third-order valence-corrected chi connectivity index (χ3v) is 6.01. The lowest BCUT2D eigenvalue weighted by molar-refractivity contribution is 0.0264. The minimum atomic E-state index is 0.302. The van der Waals surface area contributed by atoms with Crippen molar-refractivity contribution >= 4 is 5.96 Å². The van der Waals surface area contributed by atoms with Crippen LogP contribution < -0.4 is 10.1 Å². The van der Waals surface area contributed by atoms with E-state index in [1.165, 1.54) is 51.4 Å². The minimum absolute atomic E-state index is 0.302. The smallest absolute Gasteiger partial charge is 0.193 e. The number of likely N-dealkylation sites (tertiary alicyclic amines) is 1. The molecule has 0 aromatic heterocycles. The maximum absolute atomic E-state index is 6.10. The van der Waals surface area contributed by atoms with E-state index in [0.717, 1.165) is 50.8 Å². The number of para-hydroxylation sites is 1. The maximum Gasteiger partial charge on any atom is 0.193 e. The lowest BCUT2D eigenvalue weighted by Gasteiger charge is -2.34. The van der Waals surface area contributed by atoms with Crippen LogP contribution in [0.3, 0.4) is 0 Å². The number of guanidine groups is 1. The Kier molecular flexibility index (Phi) is 9.64. The van der Waals surface area contributed by atoms with Gasteiger partial charge in [0.15, 0.2) is 5.96 Å². The summed E-state index contributed by atoms with van der Waals surface area (Å²) in [4.78, 5) is 6.84. The number of nitrogens with zero attached hydrogens (tertiary/aromatic N) is 2. The average molecular weight is 402 g/mol. The van der Waals surface area contributed by atoms with Crippen LogP contribution in [-0.4, -0.2) is 56.4 Å². The molecule has 3 rings (SSSR count). The number of aliphatic imine (C=N–C) groups is 1. The molecule has 0 spiro atoms. The summed E-state index contributed by atoms with van der Waals surface area (Å²) in [6.45, 7) is 3.89.